The van der Waals surface area contributed by atoms with Crippen LogP contribution in [0.1, 0.15) is 41.4 Å². The van der Waals surface area contributed by atoms with Gasteiger partial charge in [0.25, 0.3) is 5.91 Å². The highest BCUT2D eigenvalue weighted by Gasteiger charge is 2.30. The number of anilines is 1. The molecule has 1 saturated heterocycles. The second-order valence-electron chi connectivity index (χ2n) is 7.93. The standard InChI is InChI=1S/C24H26N2O3S2/c1-17-16-22(30-23(17)19-9-4-3-5-10-19)24(27)25-20-11-13-21(14-12-20)31(28,29)26-15-7-6-8-18(26)2/h3-5,9-14,16,18H,6-8,15H2,1-2H3,(H,25,27)/t18-/m1/s1. The lowest BCUT2D eigenvalue weighted by molar-refractivity contribution is 0.103. The molecule has 1 aliphatic rings. The SMILES string of the molecule is Cc1cc(C(=O)Nc2ccc(S(=O)(=O)N3CCCC[C@H]3C)cc2)sc1-c1ccccc1. The summed E-state index contributed by atoms with van der Waals surface area (Å²) in [4.78, 5) is 14.7. The highest BCUT2D eigenvalue weighted by atomic mass is 32.2. The van der Waals surface area contributed by atoms with E-state index in [1.807, 2.05) is 50.2 Å². The van der Waals surface area contributed by atoms with Crippen molar-refractivity contribution in [2.75, 3.05) is 11.9 Å². The van der Waals surface area contributed by atoms with Crippen molar-refractivity contribution in [2.24, 2.45) is 0 Å². The molecular formula is C24H26N2O3S2. The summed E-state index contributed by atoms with van der Waals surface area (Å²) in [5.41, 5.74) is 2.71. The van der Waals surface area contributed by atoms with Gasteiger partial charge in [0.1, 0.15) is 0 Å². The summed E-state index contributed by atoms with van der Waals surface area (Å²) < 4.78 is 27.5. The maximum atomic E-state index is 13.0. The predicted octanol–water partition coefficient (Wildman–Crippen LogP) is 5.54. The van der Waals surface area contributed by atoms with Gasteiger partial charge in [-0.3, -0.25) is 4.79 Å². The van der Waals surface area contributed by atoms with E-state index >= 15 is 0 Å². The topological polar surface area (TPSA) is 66.5 Å². The Kier molecular flexibility index (Phi) is 6.27. The van der Waals surface area contributed by atoms with Gasteiger partial charge in [-0.15, -0.1) is 11.3 Å². The molecule has 7 heteroatoms. The van der Waals surface area contributed by atoms with E-state index in [0.29, 0.717) is 17.1 Å². The van der Waals surface area contributed by atoms with Gasteiger partial charge >= 0.3 is 0 Å². The number of carbonyl (C=O) groups excluding carboxylic acids is 1. The van der Waals surface area contributed by atoms with E-state index in [2.05, 4.69) is 5.32 Å². The second kappa shape index (κ2) is 8.94. The molecule has 162 valence electrons. The molecule has 1 aromatic heterocycles. The number of rotatable bonds is 5. The van der Waals surface area contributed by atoms with Gasteiger partial charge in [0.05, 0.1) is 9.77 Å². The van der Waals surface area contributed by atoms with E-state index < -0.39 is 10.0 Å². The third-order valence-electron chi connectivity index (χ3n) is 5.64. The molecule has 1 fully saturated rings. The van der Waals surface area contributed by atoms with Crippen molar-refractivity contribution < 1.29 is 13.2 Å². The number of amides is 1. The van der Waals surface area contributed by atoms with E-state index in [1.165, 1.54) is 11.3 Å². The fourth-order valence-corrected chi connectivity index (χ4v) is 6.71. The number of aryl methyl sites for hydroxylation is 1. The third kappa shape index (κ3) is 4.59. The zero-order valence-electron chi connectivity index (χ0n) is 17.7. The minimum atomic E-state index is -3.52. The number of hydrogen-bond donors (Lipinski definition) is 1. The van der Waals surface area contributed by atoms with Crippen LogP contribution in [0.25, 0.3) is 10.4 Å². The third-order valence-corrected chi connectivity index (χ3v) is 8.95. The van der Waals surface area contributed by atoms with Gasteiger partial charge in [-0.25, -0.2) is 8.42 Å². The largest absolute Gasteiger partial charge is 0.321 e. The molecule has 31 heavy (non-hydrogen) atoms. The first-order valence-corrected chi connectivity index (χ1v) is 12.7. The first-order chi connectivity index (χ1) is 14.9. The Morgan fingerprint density at radius 3 is 2.45 bits per heavy atom. The van der Waals surface area contributed by atoms with E-state index in [1.54, 1.807) is 28.6 Å². The Morgan fingerprint density at radius 2 is 1.77 bits per heavy atom. The van der Waals surface area contributed by atoms with Crippen LogP contribution in [0.5, 0.6) is 0 Å². The van der Waals surface area contributed by atoms with Gasteiger partial charge in [-0.05, 0) is 68.1 Å². The monoisotopic (exact) mass is 454 g/mol. The molecule has 1 aliphatic heterocycles. The second-order valence-corrected chi connectivity index (χ2v) is 10.9. The smallest absolute Gasteiger partial charge is 0.265 e. The van der Waals surface area contributed by atoms with Crippen molar-refractivity contribution in [1.29, 1.82) is 0 Å². The Labute approximate surface area is 187 Å². The molecule has 4 rings (SSSR count). The molecule has 5 nitrogen and oxygen atoms in total. The van der Waals surface area contributed by atoms with Gasteiger partial charge in [-0.1, -0.05) is 36.8 Å². The van der Waals surface area contributed by atoms with Crippen LogP contribution in [-0.4, -0.2) is 31.2 Å². The number of carbonyl (C=O) groups is 1. The van der Waals surface area contributed by atoms with Gasteiger partial charge in [0, 0.05) is 23.2 Å². The van der Waals surface area contributed by atoms with Crippen LogP contribution >= 0.6 is 11.3 Å². The Bertz CT molecular complexity index is 1170. The number of nitrogens with zero attached hydrogens (tertiary/aromatic N) is 1. The van der Waals surface area contributed by atoms with Crippen LogP contribution in [0, 0.1) is 6.92 Å². The number of benzene rings is 2. The van der Waals surface area contributed by atoms with Gasteiger partial charge in [-0.2, -0.15) is 4.31 Å². The lowest BCUT2D eigenvalue weighted by Gasteiger charge is -2.32. The Morgan fingerprint density at radius 1 is 1.06 bits per heavy atom. The van der Waals surface area contributed by atoms with Crippen LogP contribution in [0.3, 0.4) is 0 Å². The van der Waals surface area contributed by atoms with Crippen molar-refractivity contribution in [3.05, 3.63) is 71.1 Å². The lowest BCUT2D eigenvalue weighted by Crippen LogP contribution is -2.41. The van der Waals surface area contributed by atoms with Gasteiger partial charge in [0.2, 0.25) is 10.0 Å². The molecule has 0 bridgehead atoms. The summed E-state index contributed by atoms with van der Waals surface area (Å²) in [6.45, 7) is 4.51. The van der Waals surface area contributed by atoms with Crippen molar-refractivity contribution in [3.63, 3.8) is 0 Å². The van der Waals surface area contributed by atoms with Gasteiger partial charge < -0.3 is 5.32 Å². The molecule has 0 saturated carbocycles. The highest BCUT2D eigenvalue weighted by molar-refractivity contribution is 7.89. The summed E-state index contributed by atoms with van der Waals surface area (Å²) in [7, 11) is -3.52. The molecule has 1 N–H and O–H groups in total. The van der Waals surface area contributed by atoms with Crippen LogP contribution < -0.4 is 5.32 Å². The number of hydrogen-bond acceptors (Lipinski definition) is 4. The van der Waals surface area contributed by atoms with Crippen molar-refractivity contribution in [2.45, 2.75) is 44.0 Å². The van der Waals surface area contributed by atoms with Crippen LogP contribution in [0.15, 0.2) is 65.6 Å². The molecule has 0 aliphatic carbocycles. The minimum Gasteiger partial charge on any atom is -0.321 e. The minimum absolute atomic E-state index is 0.0130. The van der Waals surface area contributed by atoms with E-state index in [4.69, 9.17) is 0 Å². The van der Waals surface area contributed by atoms with Gasteiger partial charge in [0.15, 0.2) is 0 Å². The fraction of sp³-hybridized carbons (Fsp3) is 0.292. The molecule has 1 amide bonds. The fourth-order valence-electron chi connectivity index (χ4n) is 3.94. The molecule has 1 atom stereocenters. The Hall–Kier alpha value is -2.48. The van der Waals surface area contributed by atoms with E-state index in [-0.39, 0.29) is 16.8 Å². The average molecular weight is 455 g/mol. The van der Waals surface area contributed by atoms with Crippen molar-refractivity contribution >= 4 is 33.0 Å². The molecule has 0 radical (unpaired) electrons. The molecular weight excluding hydrogens is 428 g/mol. The summed E-state index contributed by atoms with van der Waals surface area (Å²) in [6, 6.07) is 18.3. The maximum absolute atomic E-state index is 13.0. The number of nitrogens with one attached hydrogen (secondary N) is 1. The van der Waals surface area contributed by atoms with Crippen LogP contribution in [-0.2, 0) is 10.0 Å². The summed E-state index contributed by atoms with van der Waals surface area (Å²) >= 11 is 1.45. The van der Waals surface area contributed by atoms with E-state index in [0.717, 1.165) is 35.3 Å². The quantitative estimate of drug-likeness (QED) is 0.550. The van der Waals surface area contributed by atoms with Crippen molar-refractivity contribution in [3.8, 4) is 10.4 Å². The van der Waals surface area contributed by atoms with Crippen LogP contribution in [0.2, 0.25) is 0 Å². The van der Waals surface area contributed by atoms with Crippen molar-refractivity contribution in [1.82, 2.24) is 4.31 Å². The first kappa shape index (κ1) is 21.7. The first-order valence-electron chi connectivity index (χ1n) is 10.5. The average Bonchev–Trinajstić information content (AvgIpc) is 3.17. The lowest BCUT2D eigenvalue weighted by atomic mass is 10.1. The number of piperidine rings is 1. The number of thiophene rings is 1. The molecule has 2 heterocycles. The predicted molar refractivity (Wildman–Crippen MR) is 126 cm³/mol. The zero-order chi connectivity index (χ0) is 22.0. The normalized spacial score (nSPS) is 17.4. The molecule has 0 spiro atoms. The summed E-state index contributed by atoms with van der Waals surface area (Å²) in [6.07, 6.45) is 2.84. The van der Waals surface area contributed by atoms with E-state index in [9.17, 15) is 13.2 Å². The Balaban J connectivity index is 1.49. The molecule has 2 aromatic carbocycles. The molecule has 3 aromatic rings. The van der Waals surface area contributed by atoms with Crippen LogP contribution in [0.4, 0.5) is 5.69 Å². The molecule has 0 unspecified atom stereocenters. The summed E-state index contributed by atoms with van der Waals surface area (Å²) in [5, 5.41) is 2.88. The summed E-state index contributed by atoms with van der Waals surface area (Å²) in [5.74, 6) is -0.199. The maximum Gasteiger partial charge on any atom is 0.265 e. The number of sulfonamides is 1. The zero-order valence-corrected chi connectivity index (χ0v) is 19.3. The highest BCUT2D eigenvalue weighted by Crippen LogP contribution is 2.33.